The summed E-state index contributed by atoms with van der Waals surface area (Å²) in [4.78, 5) is 11.3. The van der Waals surface area contributed by atoms with Gasteiger partial charge >= 0.3 is 5.97 Å². The summed E-state index contributed by atoms with van der Waals surface area (Å²) in [5.74, 6) is 0.509. The molecule has 0 radical (unpaired) electrons. The number of aliphatic hydroxyl groups is 2. The van der Waals surface area contributed by atoms with Crippen molar-refractivity contribution in [2.45, 2.75) is 65.1 Å². The number of rotatable bonds is 3. The van der Waals surface area contributed by atoms with Crippen molar-refractivity contribution in [2.24, 2.45) is 22.7 Å². The molecule has 0 amide bonds. The average Bonchev–Trinajstić information content (AvgIpc) is 2.96. The summed E-state index contributed by atoms with van der Waals surface area (Å²) >= 11 is 0. The van der Waals surface area contributed by atoms with Crippen molar-refractivity contribution < 1.29 is 19.7 Å². The molecule has 0 aromatic rings. The van der Waals surface area contributed by atoms with E-state index in [4.69, 9.17) is 4.74 Å². The maximum atomic E-state index is 11.3. The molecule has 24 heavy (non-hydrogen) atoms. The maximum absolute atomic E-state index is 11.3. The highest BCUT2D eigenvalue weighted by Crippen LogP contribution is 2.62. The molecule has 3 aliphatic rings. The molecule has 2 N–H and O–H groups in total. The highest BCUT2D eigenvalue weighted by molar-refractivity contribution is 5.85. The number of carbonyl (C=O) groups is 1. The molecular weight excluding hydrogens is 304 g/mol. The van der Waals surface area contributed by atoms with Gasteiger partial charge in [0.25, 0.3) is 0 Å². The van der Waals surface area contributed by atoms with Crippen LogP contribution in [0.1, 0.15) is 52.9 Å². The van der Waals surface area contributed by atoms with E-state index in [2.05, 4.69) is 27.4 Å². The van der Waals surface area contributed by atoms with Crippen molar-refractivity contribution in [1.82, 2.24) is 0 Å². The Morgan fingerprint density at radius 3 is 2.71 bits per heavy atom. The fourth-order valence-corrected chi connectivity index (χ4v) is 5.48. The first-order valence-corrected chi connectivity index (χ1v) is 9.11. The first-order chi connectivity index (χ1) is 11.2. The minimum absolute atomic E-state index is 0.0536. The van der Waals surface area contributed by atoms with Crippen LogP contribution in [0.5, 0.6) is 0 Å². The van der Waals surface area contributed by atoms with Crippen LogP contribution < -0.4 is 0 Å². The van der Waals surface area contributed by atoms with E-state index in [1.54, 1.807) is 0 Å². The normalized spacial score (nSPS) is 43.9. The zero-order chi connectivity index (χ0) is 17.7. The number of hydrogen-bond donors (Lipinski definition) is 2. The molecule has 0 saturated heterocycles. The lowest BCUT2D eigenvalue weighted by Crippen LogP contribution is -2.53. The number of ether oxygens (including phenoxy) is 1. The Morgan fingerprint density at radius 2 is 2.08 bits per heavy atom. The molecule has 2 saturated carbocycles. The summed E-state index contributed by atoms with van der Waals surface area (Å²) in [5, 5.41) is 21.0. The van der Waals surface area contributed by atoms with Crippen LogP contribution in [-0.4, -0.2) is 35.0 Å². The number of cyclic esters (lactones) is 1. The Hall–Kier alpha value is -1.13. The van der Waals surface area contributed by atoms with Crippen molar-refractivity contribution in [3.63, 3.8) is 0 Å². The molecule has 0 aromatic carbocycles. The second-order valence-corrected chi connectivity index (χ2v) is 8.58. The van der Waals surface area contributed by atoms with Gasteiger partial charge in [0.15, 0.2) is 0 Å². The van der Waals surface area contributed by atoms with Crippen molar-refractivity contribution in [3.05, 3.63) is 23.8 Å². The predicted molar refractivity (Wildman–Crippen MR) is 92.1 cm³/mol. The van der Waals surface area contributed by atoms with E-state index in [1.807, 2.05) is 0 Å². The van der Waals surface area contributed by atoms with Gasteiger partial charge in [-0.15, -0.1) is 0 Å². The monoisotopic (exact) mass is 334 g/mol. The second-order valence-electron chi connectivity index (χ2n) is 8.58. The smallest absolute Gasteiger partial charge is 0.331 e. The number of fused-ring (bicyclic) bond motifs is 1. The highest BCUT2D eigenvalue weighted by atomic mass is 16.5. The zero-order valence-corrected chi connectivity index (χ0v) is 15.0. The number of hydrogen-bond acceptors (Lipinski definition) is 4. The fraction of sp³-hybridized carbons (Fsp3) is 0.750. The molecule has 3 rings (SSSR count). The van der Waals surface area contributed by atoms with Crippen molar-refractivity contribution in [3.8, 4) is 0 Å². The van der Waals surface area contributed by atoms with Crippen LogP contribution in [0, 0.1) is 22.7 Å². The van der Waals surface area contributed by atoms with Gasteiger partial charge in [0.2, 0.25) is 0 Å². The third kappa shape index (κ3) is 2.64. The van der Waals surface area contributed by atoms with Gasteiger partial charge in [0.05, 0.1) is 12.2 Å². The summed E-state index contributed by atoms with van der Waals surface area (Å²) in [7, 11) is 0. The third-order valence-electron chi connectivity index (χ3n) is 7.40. The molecule has 6 atom stereocenters. The number of aliphatic hydroxyl groups excluding tert-OH is 2. The highest BCUT2D eigenvalue weighted by Gasteiger charge is 2.56. The van der Waals surface area contributed by atoms with E-state index in [1.165, 1.54) is 6.08 Å². The Bertz CT molecular complexity index is 580. The van der Waals surface area contributed by atoms with Gasteiger partial charge < -0.3 is 14.9 Å². The van der Waals surface area contributed by atoms with Gasteiger partial charge in [0, 0.05) is 11.6 Å². The van der Waals surface area contributed by atoms with Gasteiger partial charge in [-0.25, -0.2) is 4.79 Å². The summed E-state index contributed by atoms with van der Waals surface area (Å²) in [6, 6.07) is 0. The van der Waals surface area contributed by atoms with E-state index < -0.39 is 12.2 Å². The molecule has 0 aromatic heterocycles. The summed E-state index contributed by atoms with van der Waals surface area (Å²) < 4.78 is 4.95. The quantitative estimate of drug-likeness (QED) is 0.615. The lowest BCUT2D eigenvalue weighted by atomic mass is 9.45. The van der Waals surface area contributed by atoms with Gasteiger partial charge in [-0.2, -0.15) is 0 Å². The van der Waals surface area contributed by atoms with Crippen LogP contribution >= 0.6 is 0 Å². The van der Waals surface area contributed by atoms with Gasteiger partial charge in [0.1, 0.15) is 6.61 Å². The fourth-order valence-electron chi connectivity index (χ4n) is 5.48. The molecule has 1 heterocycles. The lowest BCUT2D eigenvalue weighted by molar-refractivity contribution is -0.135. The van der Waals surface area contributed by atoms with Crippen molar-refractivity contribution in [1.29, 1.82) is 0 Å². The minimum Gasteiger partial charge on any atom is -0.458 e. The van der Waals surface area contributed by atoms with Crippen molar-refractivity contribution >= 4 is 5.97 Å². The van der Waals surface area contributed by atoms with Crippen LogP contribution in [0.2, 0.25) is 0 Å². The topological polar surface area (TPSA) is 66.8 Å². The van der Waals surface area contributed by atoms with E-state index >= 15 is 0 Å². The van der Waals surface area contributed by atoms with E-state index in [-0.39, 0.29) is 23.4 Å². The Kier molecular flexibility index (Phi) is 4.42. The SMILES string of the molecule is C=C1[C@@H](O)CC[C@@H]2[C@@](C)(C[C@H](O)C3=CC(=O)OC3)[C@H](C)CC[C@@]12C. The van der Waals surface area contributed by atoms with E-state index in [9.17, 15) is 15.0 Å². The molecular formula is C20H30O4. The van der Waals surface area contributed by atoms with E-state index in [0.29, 0.717) is 23.8 Å². The lowest BCUT2D eigenvalue weighted by Gasteiger charge is -2.60. The molecule has 0 unspecified atom stereocenters. The van der Waals surface area contributed by atoms with Gasteiger partial charge in [-0.3, -0.25) is 0 Å². The van der Waals surface area contributed by atoms with Crippen LogP contribution in [0.3, 0.4) is 0 Å². The second kappa shape index (κ2) is 5.99. The summed E-state index contributed by atoms with van der Waals surface area (Å²) in [6.07, 6.45) is 4.83. The first kappa shape index (κ1) is 17.7. The molecule has 0 bridgehead atoms. The molecule has 4 nitrogen and oxygen atoms in total. The average molecular weight is 334 g/mol. The van der Waals surface area contributed by atoms with Gasteiger partial charge in [-0.1, -0.05) is 27.4 Å². The van der Waals surface area contributed by atoms with Crippen molar-refractivity contribution in [2.75, 3.05) is 6.61 Å². The Labute approximate surface area is 144 Å². The zero-order valence-electron chi connectivity index (χ0n) is 15.0. The number of esters is 1. The minimum atomic E-state index is -0.647. The third-order valence-corrected chi connectivity index (χ3v) is 7.40. The Balaban J connectivity index is 1.87. The summed E-state index contributed by atoms with van der Waals surface area (Å²) in [6.45, 7) is 11.2. The first-order valence-electron chi connectivity index (χ1n) is 9.11. The summed E-state index contributed by atoms with van der Waals surface area (Å²) in [5.41, 5.74) is 1.53. The van der Waals surface area contributed by atoms with Crippen LogP contribution in [0.4, 0.5) is 0 Å². The molecule has 1 aliphatic heterocycles. The van der Waals surface area contributed by atoms with Crippen LogP contribution in [0.25, 0.3) is 0 Å². The van der Waals surface area contributed by atoms with Crippen LogP contribution in [-0.2, 0) is 9.53 Å². The Morgan fingerprint density at radius 1 is 1.38 bits per heavy atom. The van der Waals surface area contributed by atoms with E-state index in [0.717, 1.165) is 31.3 Å². The largest absolute Gasteiger partial charge is 0.458 e. The molecule has 2 aliphatic carbocycles. The van der Waals surface area contributed by atoms with Crippen LogP contribution in [0.15, 0.2) is 23.8 Å². The molecule has 2 fully saturated rings. The number of carbonyl (C=O) groups excluding carboxylic acids is 1. The molecule has 134 valence electrons. The molecule has 4 heteroatoms. The predicted octanol–water partition coefficient (Wildman–Crippen LogP) is 2.99. The van der Waals surface area contributed by atoms with Gasteiger partial charge in [-0.05, 0) is 60.3 Å². The standard InChI is InChI=1S/C20H30O4/c1-12-7-8-19(3)13(2)15(21)5-6-17(19)20(12,4)10-16(22)14-9-18(23)24-11-14/h9,12,15-17,21-22H,2,5-8,10-11H2,1,3-4H3/t12-,15+,16+,17+,19+,20+/m1/s1. The maximum Gasteiger partial charge on any atom is 0.331 e. The molecule has 0 spiro atoms.